The van der Waals surface area contributed by atoms with Crippen LogP contribution in [-0.2, 0) is 6.42 Å². The van der Waals surface area contributed by atoms with E-state index in [2.05, 4.69) is 31.0 Å². The highest BCUT2D eigenvalue weighted by molar-refractivity contribution is 5.77. The van der Waals surface area contributed by atoms with Crippen LogP contribution in [0.2, 0.25) is 0 Å². The molecule has 1 aliphatic rings. The third-order valence-electron chi connectivity index (χ3n) is 5.40. The van der Waals surface area contributed by atoms with Crippen molar-refractivity contribution in [3.05, 3.63) is 29.1 Å². The molecule has 1 aromatic heterocycles. The van der Waals surface area contributed by atoms with Crippen LogP contribution in [0.5, 0.6) is 0 Å². The fourth-order valence-corrected chi connectivity index (χ4v) is 3.82. The minimum Gasteiger partial charge on any atom is -0.342 e. The van der Waals surface area contributed by atoms with E-state index in [0.717, 1.165) is 23.7 Å². The molecule has 1 aliphatic carbocycles. The Balaban J connectivity index is 1.43. The first-order chi connectivity index (χ1) is 10.7. The lowest BCUT2D eigenvalue weighted by Crippen LogP contribution is -2.05. The number of nitrogens with one attached hydrogen (secondary N) is 1. The van der Waals surface area contributed by atoms with Crippen molar-refractivity contribution in [3.8, 4) is 0 Å². The van der Waals surface area contributed by atoms with E-state index in [-0.39, 0.29) is 0 Å². The van der Waals surface area contributed by atoms with Crippen LogP contribution in [-0.4, -0.2) is 9.97 Å². The van der Waals surface area contributed by atoms with Gasteiger partial charge < -0.3 is 4.98 Å². The van der Waals surface area contributed by atoms with E-state index in [1.54, 1.807) is 0 Å². The molecular weight excluding hydrogens is 268 g/mol. The molecule has 0 aliphatic heterocycles. The third-order valence-corrected chi connectivity index (χ3v) is 5.40. The van der Waals surface area contributed by atoms with Crippen LogP contribution >= 0.6 is 0 Å². The predicted molar refractivity (Wildman–Crippen MR) is 94.3 cm³/mol. The van der Waals surface area contributed by atoms with E-state index in [4.69, 9.17) is 4.98 Å². The molecule has 0 saturated heterocycles. The average molecular weight is 298 g/mol. The van der Waals surface area contributed by atoms with Crippen LogP contribution in [0.4, 0.5) is 0 Å². The molecule has 22 heavy (non-hydrogen) atoms. The highest BCUT2D eigenvalue weighted by Gasteiger charge is 2.12. The van der Waals surface area contributed by atoms with Gasteiger partial charge in [-0.25, -0.2) is 4.98 Å². The lowest BCUT2D eigenvalue weighted by molar-refractivity contribution is 0.328. The molecule has 2 heteroatoms. The molecule has 120 valence electrons. The Labute approximate surface area is 134 Å². The monoisotopic (exact) mass is 298 g/mol. The molecule has 0 amide bonds. The molecule has 2 aromatic rings. The number of aromatic nitrogens is 2. The molecule has 0 bridgehead atoms. The molecule has 0 spiro atoms. The van der Waals surface area contributed by atoms with Gasteiger partial charge in [-0.05, 0) is 49.4 Å². The number of H-pyrrole nitrogens is 1. The summed E-state index contributed by atoms with van der Waals surface area (Å²) in [5, 5.41) is 0. The molecule has 1 N–H and O–H groups in total. The van der Waals surface area contributed by atoms with Gasteiger partial charge in [-0.3, -0.25) is 0 Å². The molecule has 1 heterocycles. The Morgan fingerprint density at radius 1 is 1.00 bits per heavy atom. The van der Waals surface area contributed by atoms with Crippen LogP contribution in [0.3, 0.4) is 0 Å². The summed E-state index contributed by atoms with van der Waals surface area (Å²) in [5.41, 5.74) is 4.99. The second-order valence-electron chi connectivity index (χ2n) is 7.24. The van der Waals surface area contributed by atoms with E-state index >= 15 is 0 Å². The molecule has 1 saturated carbocycles. The minimum atomic E-state index is 1.03. The van der Waals surface area contributed by atoms with E-state index < -0.39 is 0 Å². The van der Waals surface area contributed by atoms with Gasteiger partial charge in [0.1, 0.15) is 5.82 Å². The van der Waals surface area contributed by atoms with E-state index in [0.29, 0.717) is 0 Å². The van der Waals surface area contributed by atoms with Crippen molar-refractivity contribution >= 4 is 11.0 Å². The molecule has 1 fully saturated rings. The predicted octanol–water partition coefficient (Wildman–Crippen LogP) is 5.86. The first-order valence-electron chi connectivity index (χ1n) is 9.18. The fraction of sp³-hybridized carbons (Fsp3) is 0.650. The summed E-state index contributed by atoms with van der Waals surface area (Å²) in [4.78, 5) is 8.24. The average Bonchev–Trinajstić information content (AvgIpc) is 2.90. The van der Waals surface area contributed by atoms with E-state index in [1.807, 2.05) is 0 Å². The number of hydrogen-bond donors (Lipinski definition) is 1. The SMILES string of the molecule is Cc1cc2nc(CCCCCC3CCCCC3)[nH]c2cc1C. The number of nitrogens with zero attached hydrogens (tertiary/aromatic N) is 1. The second kappa shape index (κ2) is 7.30. The van der Waals surface area contributed by atoms with Crippen molar-refractivity contribution in [1.29, 1.82) is 0 Å². The highest BCUT2D eigenvalue weighted by atomic mass is 14.9. The first kappa shape index (κ1) is 15.6. The Morgan fingerprint density at radius 2 is 1.77 bits per heavy atom. The van der Waals surface area contributed by atoms with Crippen molar-refractivity contribution in [2.75, 3.05) is 0 Å². The molecule has 2 nitrogen and oxygen atoms in total. The molecular formula is C20H30N2. The highest BCUT2D eigenvalue weighted by Crippen LogP contribution is 2.28. The molecule has 0 radical (unpaired) electrons. The Hall–Kier alpha value is -1.31. The first-order valence-corrected chi connectivity index (χ1v) is 9.18. The molecule has 3 rings (SSSR count). The summed E-state index contributed by atoms with van der Waals surface area (Å²) >= 11 is 0. The summed E-state index contributed by atoms with van der Waals surface area (Å²) in [5.74, 6) is 2.20. The maximum atomic E-state index is 4.75. The van der Waals surface area contributed by atoms with Crippen molar-refractivity contribution in [2.45, 2.75) is 78.1 Å². The van der Waals surface area contributed by atoms with Crippen molar-refractivity contribution in [2.24, 2.45) is 5.92 Å². The van der Waals surface area contributed by atoms with Crippen molar-refractivity contribution in [1.82, 2.24) is 9.97 Å². The Bertz CT molecular complexity index is 566. The van der Waals surface area contributed by atoms with Gasteiger partial charge in [0.05, 0.1) is 11.0 Å². The molecule has 1 aromatic carbocycles. The van der Waals surface area contributed by atoms with Crippen LogP contribution < -0.4 is 0 Å². The summed E-state index contributed by atoms with van der Waals surface area (Å²) < 4.78 is 0. The minimum absolute atomic E-state index is 1.03. The van der Waals surface area contributed by atoms with Crippen LogP contribution in [0, 0.1) is 19.8 Å². The van der Waals surface area contributed by atoms with Gasteiger partial charge in [-0.15, -0.1) is 0 Å². The van der Waals surface area contributed by atoms with Crippen LogP contribution in [0.15, 0.2) is 12.1 Å². The van der Waals surface area contributed by atoms with Crippen molar-refractivity contribution in [3.63, 3.8) is 0 Å². The smallest absolute Gasteiger partial charge is 0.107 e. The second-order valence-corrected chi connectivity index (χ2v) is 7.24. The Morgan fingerprint density at radius 3 is 2.59 bits per heavy atom. The zero-order valence-corrected chi connectivity index (χ0v) is 14.3. The fourth-order valence-electron chi connectivity index (χ4n) is 3.82. The molecule has 0 atom stereocenters. The van der Waals surface area contributed by atoms with Gasteiger partial charge in [0, 0.05) is 6.42 Å². The quantitative estimate of drug-likeness (QED) is 0.664. The van der Waals surface area contributed by atoms with Gasteiger partial charge >= 0.3 is 0 Å². The summed E-state index contributed by atoms with van der Waals surface area (Å²) in [6, 6.07) is 4.43. The standard InChI is InChI=1S/C20H30N2/c1-15-13-18-19(14-16(15)2)22-20(21-18)12-8-4-7-11-17-9-5-3-6-10-17/h13-14,17H,3-12H2,1-2H3,(H,21,22). The molecule has 0 unspecified atom stereocenters. The zero-order valence-electron chi connectivity index (χ0n) is 14.3. The van der Waals surface area contributed by atoms with Gasteiger partial charge in [0.25, 0.3) is 0 Å². The maximum absolute atomic E-state index is 4.75. The number of rotatable bonds is 6. The summed E-state index contributed by atoms with van der Waals surface area (Å²) in [7, 11) is 0. The van der Waals surface area contributed by atoms with Gasteiger partial charge in [-0.1, -0.05) is 51.4 Å². The van der Waals surface area contributed by atoms with Crippen LogP contribution in [0.1, 0.15) is 74.7 Å². The van der Waals surface area contributed by atoms with Crippen molar-refractivity contribution < 1.29 is 0 Å². The number of imidazole rings is 1. The van der Waals surface area contributed by atoms with Crippen LogP contribution in [0.25, 0.3) is 11.0 Å². The van der Waals surface area contributed by atoms with Gasteiger partial charge in [0.2, 0.25) is 0 Å². The number of aromatic amines is 1. The third kappa shape index (κ3) is 3.91. The lowest BCUT2D eigenvalue weighted by atomic mass is 9.85. The number of hydrogen-bond acceptors (Lipinski definition) is 1. The summed E-state index contributed by atoms with van der Waals surface area (Å²) in [6.45, 7) is 4.33. The van der Waals surface area contributed by atoms with Gasteiger partial charge in [-0.2, -0.15) is 0 Å². The van der Waals surface area contributed by atoms with E-state index in [1.165, 1.54) is 74.4 Å². The zero-order chi connectivity index (χ0) is 15.4. The number of unbranched alkanes of at least 4 members (excludes halogenated alkanes) is 2. The lowest BCUT2D eigenvalue weighted by Gasteiger charge is -2.21. The number of benzene rings is 1. The normalized spacial score (nSPS) is 16.5. The number of fused-ring (bicyclic) bond motifs is 1. The maximum Gasteiger partial charge on any atom is 0.107 e. The topological polar surface area (TPSA) is 28.7 Å². The summed E-state index contributed by atoms with van der Waals surface area (Å²) in [6.07, 6.45) is 14.0. The van der Waals surface area contributed by atoms with E-state index in [9.17, 15) is 0 Å². The van der Waals surface area contributed by atoms with Gasteiger partial charge in [0.15, 0.2) is 0 Å². The largest absolute Gasteiger partial charge is 0.342 e. The number of aryl methyl sites for hydroxylation is 3. The Kier molecular flexibility index (Phi) is 5.17.